The first kappa shape index (κ1) is 19.3. The van der Waals surface area contributed by atoms with Gasteiger partial charge in [-0.25, -0.2) is 0 Å². The zero-order valence-electron chi connectivity index (χ0n) is 15.9. The summed E-state index contributed by atoms with van der Waals surface area (Å²) in [6, 6.07) is 4.03. The van der Waals surface area contributed by atoms with Gasteiger partial charge in [-0.2, -0.15) is 0 Å². The first-order chi connectivity index (χ1) is 12.0. The summed E-state index contributed by atoms with van der Waals surface area (Å²) in [5.41, 5.74) is 3.25. The zero-order chi connectivity index (χ0) is 18.4. The molecule has 0 unspecified atom stereocenters. The summed E-state index contributed by atoms with van der Waals surface area (Å²) in [5.74, 6) is 1.07. The largest absolute Gasteiger partial charge is 0.496 e. The molecule has 25 heavy (non-hydrogen) atoms. The van der Waals surface area contributed by atoms with Crippen LogP contribution in [0, 0.1) is 13.8 Å². The van der Waals surface area contributed by atoms with E-state index in [0.29, 0.717) is 32.5 Å². The van der Waals surface area contributed by atoms with E-state index in [1.165, 1.54) is 0 Å². The molecule has 0 aromatic heterocycles. The Morgan fingerprint density at radius 2 is 1.60 bits per heavy atom. The van der Waals surface area contributed by atoms with Crippen molar-refractivity contribution in [1.29, 1.82) is 0 Å². The number of hydrogen-bond acceptors (Lipinski definition) is 3. The van der Waals surface area contributed by atoms with Gasteiger partial charge in [0.2, 0.25) is 11.8 Å². The van der Waals surface area contributed by atoms with Crippen LogP contribution in [0.15, 0.2) is 12.1 Å². The fourth-order valence-electron chi connectivity index (χ4n) is 3.24. The summed E-state index contributed by atoms with van der Waals surface area (Å²) >= 11 is 0. The first-order valence-corrected chi connectivity index (χ1v) is 9.16. The summed E-state index contributed by atoms with van der Waals surface area (Å²) < 4.78 is 5.45. The van der Waals surface area contributed by atoms with Gasteiger partial charge in [0.15, 0.2) is 0 Å². The highest BCUT2D eigenvalue weighted by molar-refractivity contribution is 5.80. The van der Waals surface area contributed by atoms with Gasteiger partial charge in [0.05, 0.1) is 13.5 Å². The van der Waals surface area contributed by atoms with Gasteiger partial charge < -0.3 is 14.5 Å². The minimum atomic E-state index is 0.103. The molecule has 1 aromatic rings. The predicted molar refractivity (Wildman–Crippen MR) is 98.9 cm³/mol. The second-order valence-electron chi connectivity index (χ2n) is 6.79. The third-order valence-corrected chi connectivity index (χ3v) is 4.90. The summed E-state index contributed by atoms with van der Waals surface area (Å²) in [7, 11) is 1.64. The Bertz CT molecular complexity index is 628. The summed E-state index contributed by atoms with van der Waals surface area (Å²) in [4.78, 5) is 28.6. The molecule has 0 radical (unpaired) electrons. The Hall–Kier alpha value is -2.04. The van der Waals surface area contributed by atoms with Gasteiger partial charge in [-0.1, -0.05) is 13.0 Å². The minimum absolute atomic E-state index is 0.103. The molecule has 0 N–H and O–H groups in total. The molecule has 1 aliphatic rings. The lowest BCUT2D eigenvalue weighted by Crippen LogP contribution is -2.37. The number of aryl methyl sites for hydroxylation is 2. The predicted octanol–water partition coefficient (Wildman–Crippen LogP) is 2.72. The Morgan fingerprint density at radius 1 is 1.00 bits per heavy atom. The monoisotopic (exact) mass is 346 g/mol. The lowest BCUT2D eigenvalue weighted by Gasteiger charge is -2.22. The minimum Gasteiger partial charge on any atom is -0.496 e. The topological polar surface area (TPSA) is 49.9 Å². The molecule has 0 aliphatic carbocycles. The van der Waals surface area contributed by atoms with E-state index in [0.717, 1.165) is 41.8 Å². The van der Waals surface area contributed by atoms with Crippen LogP contribution < -0.4 is 4.74 Å². The van der Waals surface area contributed by atoms with Crippen molar-refractivity contribution in [2.24, 2.45) is 0 Å². The maximum atomic E-state index is 12.8. The highest BCUT2D eigenvalue weighted by Crippen LogP contribution is 2.24. The highest BCUT2D eigenvalue weighted by atomic mass is 16.5. The van der Waals surface area contributed by atoms with E-state index < -0.39 is 0 Å². The van der Waals surface area contributed by atoms with Gasteiger partial charge in [0.1, 0.15) is 5.75 Å². The van der Waals surface area contributed by atoms with Crippen LogP contribution in [0.4, 0.5) is 0 Å². The van der Waals surface area contributed by atoms with Crippen LogP contribution in [0.5, 0.6) is 5.75 Å². The molecule has 0 saturated carbocycles. The second-order valence-corrected chi connectivity index (χ2v) is 6.79. The molecule has 0 bridgehead atoms. The van der Waals surface area contributed by atoms with Crippen molar-refractivity contribution < 1.29 is 14.3 Å². The van der Waals surface area contributed by atoms with Gasteiger partial charge in [-0.3, -0.25) is 9.59 Å². The van der Waals surface area contributed by atoms with Crippen molar-refractivity contribution in [3.05, 3.63) is 28.8 Å². The van der Waals surface area contributed by atoms with E-state index in [9.17, 15) is 9.59 Å². The fourth-order valence-corrected chi connectivity index (χ4v) is 3.24. The molecule has 1 aromatic carbocycles. The molecule has 2 rings (SSSR count). The SMILES string of the molecule is CCCC(=O)N1CCCN(C(=O)Cc2cc(C)c(C)cc2OC)CC1. The van der Waals surface area contributed by atoms with Crippen molar-refractivity contribution >= 4 is 11.8 Å². The molecule has 5 heteroatoms. The van der Waals surface area contributed by atoms with Crippen LogP contribution in [0.3, 0.4) is 0 Å². The molecule has 1 heterocycles. The average molecular weight is 346 g/mol. The van der Waals surface area contributed by atoms with Gasteiger partial charge in [0, 0.05) is 38.2 Å². The number of rotatable bonds is 5. The first-order valence-electron chi connectivity index (χ1n) is 9.16. The van der Waals surface area contributed by atoms with Crippen LogP contribution in [0.2, 0.25) is 0 Å². The number of methoxy groups -OCH3 is 1. The van der Waals surface area contributed by atoms with Crippen LogP contribution in [0.25, 0.3) is 0 Å². The van der Waals surface area contributed by atoms with E-state index >= 15 is 0 Å². The Kier molecular flexibility index (Phi) is 6.85. The third kappa shape index (κ3) is 4.97. The third-order valence-electron chi connectivity index (χ3n) is 4.90. The number of hydrogen-bond donors (Lipinski definition) is 0. The van der Waals surface area contributed by atoms with Crippen LogP contribution in [-0.4, -0.2) is 54.9 Å². The van der Waals surface area contributed by atoms with E-state index in [-0.39, 0.29) is 11.8 Å². The second kappa shape index (κ2) is 8.88. The number of amides is 2. The van der Waals surface area contributed by atoms with E-state index in [2.05, 4.69) is 0 Å². The van der Waals surface area contributed by atoms with Gasteiger partial charge in [-0.15, -0.1) is 0 Å². The van der Waals surface area contributed by atoms with Crippen molar-refractivity contribution in [3.8, 4) is 5.75 Å². The Morgan fingerprint density at radius 3 is 2.20 bits per heavy atom. The van der Waals surface area contributed by atoms with Crippen molar-refractivity contribution in [1.82, 2.24) is 9.80 Å². The van der Waals surface area contributed by atoms with Crippen LogP contribution in [0.1, 0.15) is 42.9 Å². The zero-order valence-corrected chi connectivity index (χ0v) is 15.9. The molecule has 1 saturated heterocycles. The van der Waals surface area contributed by atoms with E-state index in [4.69, 9.17) is 4.74 Å². The lowest BCUT2D eigenvalue weighted by atomic mass is 10.0. The highest BCUT2D eigenvalue weighted by Gasteiger charge is 2.22. The molecular formula is C20H30N2O3. The van der Waals surface area contributed by atoms with Crippen molar-refractivity contribution in [3.63, 3.8) is 0 Å². The summed E-state index contributed by atoms with van der Waals surface area (Å²) in [6.07, 6.45) is 2.64. The maximum Gasteiger partial charge on any atom is 0.227 e. The number of benzene rings is 1. The van der Waals surface area contributed by atoms with Crippen molar-refractivity contribution in [2.45, 2.75) is 46.5 Å². The molecule has 5 nitrogen and oxygen atoms in total. The molecule has 0 atom stereocenters. The van der Waals surface area contributed by atoms with Crippen molar-refractivity contribution in [2.75, 3.05) is 33.3 Å². The van der Waals surface area contributed by atoms with Gasteiger partial charge >= 0.3 is 0 Å². The standard InChI is InChI=1S/C20H30N2O3/c1-5-7-19(23)21-8-6-9-22(11-10-21)20(24)14-17-12-15(2)16(3)13-18(17)25-4/h12-13H,5-11,14H2,1-4H3. The van der Waals surface area contributed by atoms with Crippen LogP contribution >= 0.6 is 0 Å². The summed E-state index contributed by atoms with van der Waals surface area (Å²) in [6.45, 7) is 8.81. The van der Waals surface area contributed by atoms with Gasteiger partial charge in [0.25, 0.3) is 0 Å². The van der Waals surface area contributed by atoms with Gasteiger partial charge in [-0.05, 0) is 43.9 Å². The molecule has 1 aliphatic heterocycles. The normalized spacial score (nSPS) is 15.0. The summed E-state index contributed by atoms with van der Waals surface area (Å²) in [5, 5.41) is 0. The molecule has 0 spiro atoms. The Balaban J connectivity index is 2.02. The molecular weight excluding hydrogens is 316 g/mol. The Labute approximate surface area is 150 Å². The van der Waals surface area contributed by atoms with Crippen LogP contribution in [-0.2, 0) is 16.0 Å². The maximum absolute atomic E-state index is 12.8. The smallest absolute Gasteiger partial charge is 0.227 e. The number of ether oxygens (including phenoxy) is 1. The number of carbonyl (C=O) groups excluding carboxylic acids is 2. The quantitative estimate of drug-likeness (QED) is 0.824. The lowest BCUT2D eigenvalue weighted by molar-refractivity contribution is -0.133. The molecule has 138 valence electrons. The fraction of sp³-hybridized carbons (Fsp3) is 0.600. The molecule has 2 amide bonds. The number of carbonyl (C=O) groups is 2. The molecule has 1 fully saturated rings. The van der Waals surface area contributed by atoms with E-state index in [1.807, 2.05) is 42.7 Å². The average Bonchev–Trinajstić information content (AvgIpc) is 2.84. The number of nitrogens with zero attached hydrogens (tertiary/aromatic N) is 2. The van der Waals surface area contributed by atoms with E-state index in [1.54, 1.807) is 7.11 Å².